The van der Waals surface area contributed by atoms with Crippen molar-refractivity contribution in [3.8, 4) is 0 Å². The molecular weight excluding hydrogens is 736 g/mol. The SMILES string of the molecule is O=C(c1ccc(Cl)cc1Cl)N1CCc2ccc(S(=O)(=O)Nc3nccs3)cc2C1.O=S(=O)(Nc1nccs1)c1ccc2c(c1)CNCC2. The van der Waals surface area contributed by atoms with E-state index in [1.165, 1.54) is 40.5 Å². The number of rotatable bonds is 7. The van der Waals surface area contributed by atoms with Gasteiger partial charge in [0.05, 0.1) is 20.4 Å². The number of carbonyl (C=O) groups is 1. The number of sulfonamides is 2. The van der Waals surface area contributed by atoms with Crippen LogP contribution in [0.25, 0.3) is 0 Å². The van der Waals surface area contributed by atoms with Crippen molar-refractivity contribution in [2.24, 2.45) is 0 Å². The quantitative estimate of drug-likeness (QED) is 0.182. The Kier molecular flexibility index (Phi) is 10.4. The van der Waals surface area contributed by atoms with Gasteiger partial charge >= 0.3 is 0 Å². The fourth-order valence-electron chi connectivity index (χ4n) is 5.23. The van der Waals surface area contributed by atoms with Crippen LogP contribution in [-0.2, 0) is 46.0 Å². The van der Waals surface area contributed by atoms with Crippen LogP contribution in [0.15, 0.2) is 87.5 Å². The summed E-state index contributed by atoms with van der Waals surface area (Å²) in [7, 11) is -7.31. The van der Waals surface area contributed by atoms with Crippen molar-refractivity contribution < 1.29 is 21.6 Å². The summed E-state index contributed by atoms with van der Waals surface area (Å²) in [5, 5.41) is 8.09. The minimum Gasteiger partial charge on any atom is -0.334 e. The van der Waals surface area contributed by atoms with Gasteiger partial charge < -0.3 is 10.2 Å². The molecule has 3 aromatic carbocycles. The number of anilines is 2. The van der Waals surface area contributed by atoms with E-state index in [4.69, 9.17) is 23.2 Å². The Hall–Kier alpha value is -3.57. The van der Waals surface area contributed by atoms with Gasteiger partial charge in [-0.15, -0.1) is 22.7 Å². The fourth-order valence-corrected chi connectivity index (χ4v) is 9.39. The second-order valence-electron chi connectivity index (χ2n) is 10.8. The number of hydrogen-bond donors (Lipinski definition) is 3. The standard InChI is InChI=1S/C19H15Cl2N3O3S2.C12H13N3O2S2/c20-14-2-4-16(17(21)10-14)18(25)24-7-5-12-1-3-15(9-13(12)11-24)29(26,27)23-19-22-6-8-28-19;16-19(17,15-12-14-5-6-18-12)11-2-1-9-3-4-13-8-10(9)7-11/h1-4,6,8-10H,5,7,11H2,(H,22,23);1-2,5-7,13H,3-4,8H2,(H,14,15). The number of hydrogen-bond acceptors (Lipinski definition) is 10. The van der Waals surface area contributed by atoms with Gasteiger partial charge in [0.1, 0.15) is 0 Å². The van der Waals surface area contributed by atoms with Crippen LogP contribution in [0.2, 0.25) is 10.0 Å². The summed E-state index contributed by atoms with van der Waals surface area (Å²) in [5.74, 6) is -0.216. The fraction of sp³-hybridized carbons (Fsp3) is 0.194. The molecule has 0 radical (unpaired) electrons. The van der Waals surface area contributed by atoms with Gasteiger partial charge in [-0.3, -0.25) is 14.2 Å². The second-order valence-corrected chi connectivity index (χ2v) is 16.8. The van der Waals surface area contributed by atoms with Crippen LogP contribution >= 0.6 is 45.9 Å². The zero-order valence-corrected chi connectivity index (χ0v) is 29.8. The third-order valence-corrected chi connectivity index (χ3v) is 12.5. The molecule has 5 aromatic rings. The lowest BCUT2D eigenvalue weighted by Crippen LogP contribution is -2.36. The molecule has 250 valence electrons. The third kappa shape index (κ3) is 8.00. The van der Waals surface area contributed by atoms with Crippen molar-refractivity contribution in [1.29, 1.82) is 0 Å². The molecule has 4 heterocycles. The first-order valence-corrected chi connectivity index (χ1v) is 20.0. The Bertz CT molecular complexity index is 2160. The molecule has 48 heavy (non-hydrogen) atoms. The smallest absolute Gasteiger partial charge is 0.263 e. The molecule has 0 spiro atoms. The minimum absolute atomic E-state index is 0.130. The summed E-state index contributed by atoms with van der Waals surface area (Å²) in [6.45, 7) is 2.48. The maximum absolute atomic E-state index is 12.9. The number of carbonyl (C=O) groups excluding carboxylic acids is 1. The van der Waals surface area contributed by atoms with Crippen LogP contribution in [0.4, 0.5) is 10.3 Å². The number of fused-ring (bicyclic) bond motifs is 2. The Labute approximate surface area is 296 Å². The number of halogens is 2. The van der Waals surface area contributed by atoms with Gasteiger partial charge in [-0.05, 0) is 84.1 Å². The highest BCUT2D eigenvalue weighted by molar-refractivity contribution is 7.93. The lowest BCUT2D eigenvalue weighted by molar-refractivity contribution is 0.0734. The number of thiazole rings is 2. The van der Waals surface area contributed by atoms with E-state index in [1.807, 2.05) is 6.07 Å². The second kappa shape index (κ2) is 14.5. The average Bonchev–Trinajstić information content (AvgIpc) is 3.78. The van der Waals surface area contributed by atoms with Crippen LogP contribution in [-0.4, -0.2) is 50.7 Å². The molecule has 1 amide bonds. The van der Waals surface area contributed by atoms with Gasteiger partial charge in [-0.2, -0.15) is 0 Å². The topological polar surface area (TPSA) is 150 Å². The number of aromatic nitrogens is 2. The maximum Gasteiger partial charge on any atom is 0.263 e. The van der Waals surface area contributed by atoms with E-state index in [0.29, 0.717) is 40.4 Å². The predicted octanol–water partition coefficient (Wildman–Crippen LogP) is 6.04. The van der Waals surface area contributed by atoms with E-state index < -0.39 is 20.0 Å². The summed E-state index contributed by atoms with van der Waals surface area (Å²) < 4.78 is 54.7. The van der Waals surface area contributed by atoms with Gasteiger partial charge in [0.15, 0.2) is 10.3 Å². The molecule has 0 atom stereocenters. The molecule has 0 bridgehead atoms. The first-order chi connectivity index (χ1) is 23.0. The molecule has 0 saturated carbocycles. The van der Waals surface area contributed by atoms with Gasteiger partial charge in [-0.1, -0.05) is 35.3 Å². The van der Waals surface area contributed by atoms with E-state index in [1.54, 1.807) is 64.3 Å². The number of nitrogens with one attached hydrogen (secondary N) is 3. The zero-order valence-electron chi connectivity index (χ0n) is 25.0. The van der Waals surface area contributed by atoms with Crippen molar-refractivity contribution >= 4 is 82.1 Å². The Morgan fingerprint density at radius 3 is 1.96 bits per heavy atom. The van der Waals surface area contributed by atoms with Crippen molar-refractivity contribution in [3.63, 3.8) is 0 Å². The van der Waals surface area contributed by atoms with Crippen molar-refractivity contribution in [3.05, 3.63) is 116 Å². The normalized spacial score (nSPS) is 14.2. The summed E-state index contributed by atoms with van der Waals surface area (Å²) in [6, 6.07) is 15.0. The highest BCUT2D eigenvalue weighted by Crippen LogP contribution is 2.28. The predicted molar refractivity (Wildman–Crippen MR) is 189 cm³/mol. The molecule has 0 unspecified atom stereocenters. The van der Waals surface area contributed by atoms with Crippen molar-refractivity contribution in [2.75, 3.05) is 22.5 Å². The molecule has 0 aliphatic carbocycles. The van der Waals surface area contributed by atoms with E-state index in [2.05, 4.69) is 24.7 Å². The van der Waals surface area contributed by atoms with E-state index in [0.717, 1.165) is 36.2 Å². The van der Waals surface area contributed by atoms with E-state index in [9.17, 15) is 21.6 Å². The minimum atomic E-state index is -3.76. The highest BCUT2D eigenvalue weighted by atomic mass is 35.5. The molecule has 0 saturated heterocycles. The third-order valence-electron chi connectivity index (χ3n) is 7.63. The van der Waals surface area contributed by atoms with Crippen LogP contribution in [0.5, 0.6) is 0 Å². The summed E-state index contributed by atoms with van der Waals surface area (Å²) in [6.07, 6.45) is 4.67. The molecule has 2 aliphatic rings. The van der Waals surface area contributed by atoms with Gasteiger partial charge in [0, 0.05) is 47.8 Å². The molecule has 2 aromatic heterocycles. The van der Waals surface area contributed by atoms with E-state index >= 15 is 0 Å². The number of nitrogens with zero attached hydrogens (tertiary/aromatic N) is 3. The molecule has 3 N–H and O–H groups in total. The van der Waals surface area contributed by atoms with Gasteiger partial charge in [0.25, 0.3) is 26.0 Å². The number of amides is 1. The first-order valence-electron chi connectivity index (χ1n) is 14.5. The zero-order chi connectivity index (χ0) is 33.9. The van der Waals surface area contributed by atoms with Gasteiger partial charge in [0.2, 0.25) is 0 Å². The summed E-state index contributed by atoms with van der Waals surface area (Å²) in [4.78, 5) is 22.8. The molecule has 0 fully saturated rings. The van der Waals surface area contributed by atoms with Gasteiger partial charge in [-0.25, -0.2) is 26.8 Å². The summed E-state index contributed by atoms with van der Waals surface area (Å²) in [5.41, 5.74) is 4.44. The Morgan fingerprint density at radius 1 is 0.771 bits per heavy atom. The number of benzene rings is 3. The summed E-state index contributed by atoms with van der Waals surface area (Å²) >= 11 is 14.5. The lowest BCUT2D eigenvalue weighted by Gasteiger charge is -2.29. The molecule has 11 nitrogen and oxygen atoms in total. The van der Waals surface area contributed by atoms with Crippen LogP contribution in [0, 0.1) is 0 Å². The lowest BCUT2D eigenvalue weighted by atomic mass is 9.99. The van der Waals surface area contributed by atoms with E-state index in [-0.39, 0.29) is 20.7 Å². The largest absolute Gasteiger partial charge is 0.334 e. The van der Waals surface area contributed by atoms with Crippen LogP contribution in [0.3, 0.4) is 0 Å². The van der Waals surface area contributed by atoms with Crippen molar-refractivity contribution in [2.45, 2.75) is 35.7 Å². The van der Waals surface area contributed by atoms with Crippen LogP contribution in [0.1, 0.15) is 32.6 Å². The molecule has 7 rings (SSSR count). The Balaban J connectivity index is 0.000000182. The highest BCUT2D eigenvalue weighted by Gasteiger charge is 2.26. The molecule has 2 aliphatic heterocycles. The van der Waals surface area contributed by atoms with Crippen molar-refractivity contribution in [1.82, 2.24) is 20.2 Å². The van der Waals surface area contributed by atoms with Crippen LogP contribution < -0.4 is 14.8 Å². The molecular formula is C31H28Cl2N6O5S4. The maximum atomic E-state index is 12.9. The monoisotopic (exact) mass is 762 g/mol. The molecule has 17 heteroatoms. The first kappa shape index (κ1) is 34.3. The Morgan fingerprint density at radius 2 is 1.38 bits per heavy atom. The average molecular weight is 764 g/mol.